The Labute approximate surface area is 95.0 Å². The minimum atomic E-state index is 0.169. The van der Waals surface area contributed by atoms with Crippen molar-refractivity contribution in [3.63, 3.8) is 0 Å². The molecule has 0 bridgehead atoms. The molecule has 2 N–H and O–H groups in total. The van der Waals surface area contributed by atoms with E-state index in [1.54, 1.807) is 0 Å². The molecule has 0 fully saturated rings. The highest BCUT2D eigenvalue weighted by atomic mass is 16.5. The predicted octanol–water partition coefficient (Wildman–Crippen LogP) is 1.72. The van der Waals surface area contributed by atoms with Crippen LogP contribution in [0.5, 0.6) is 0 Å². The molecule has 3 heteroatoms. The average molecular weight is 216 g/mol. The van der Waals surface area contributed by atoms with Crippen LogP contribution in [0.1, 0.15) is 34.6 Å². The van der Waals surface area contributed by atoms with E-state index >= 15 is 0 Å². The molecule has 0 aromatic rings. The zero-order valence-electron chi connectivity index (χ0n) is 11.0. The number of hydrogen-bond donors (Lipinski definition) is 1. The van der Waals surface area contributed by atoms with Crippen molar-refractivity contribution in [2.24, 2.45) is 11.1 Å². The van der Waals surface area contributed by atoms with E-state index < -0.39 is 0 Å². The molecule has 0 aromatic heterocycles. The summed E-state index contributed by atoms with van der Waals surface area (Å²) < 4.78 is 5.37. The second-order valence-corrected chi connectivity index (χ2v) is 4.84. The number of ether oxygens (including phenoxy) is 1. The Kier molecular flexibility index (Phi) is 7.14. The standard InChI is InChI=1S/C12H28N2O/c1-6-14(8-9-15-7-2)10-12(4,5)11(3)13/h11H,6-10,13H2,1-5H3. The van der Waals surface area contributed by atoms with Crippen molar-refractivity contribution in [1.29, 1.82) is 0 Å². The van der Waals surface area contributed by atoms with Crippen molar-refractivity contribution in [3.05, 3.63) is 0 Å². The second-order valence-electron chi connectivity index (χ2n) is 4.84. The Balaban J connectivity index is 3.97. The predicted molar refractivity (Wildman–Crippen MR) is 66.0 cm³/mol. The van der Waals surface area contributed by atoms with E-state index in [-0.39, 0.29) is 11.5 Å². The maximum atomic E-state index is 5.97. The molecule has 0 saturated heterocycles. The molecule has 0 saturated carbocycles. The van der Waals surface area contributed by atoms with Crippen LogP contribution in [0.25, 0.3) is 0 Å². The van der Waals surface area contributed by atoms with E-state index in [1.807, 2.05) is 6.92 Å². The molecule has 92 valence electrons. The van der Waals surface area contributed by atoms with E-state index in [0.29, 0.717) is 0 Å². The summed E-state index contributed by atoms with van der Waals surface area (Å²) in [6.07, 6.45) is 0. The van der Waals surface area contributed by atoms with E-state index in [9.17, 15) is 0 Å². The summed E-state index contributed by atoms with van der Waals surface area (Å²) in [6, 6.07) is 0.221. The van der Waals surface area contributed by atoms with Crippen LogP contribution in [-0.2, 0) is 4.74 Å². The number of hydrogen-bond acceptors (Lipinski definition) is 3. The summed E-state index contributed by atoms with van der Waals surface area (Å²) in [5.41, 5.74) is 6.14. The molecule has 0 rings (SSSR count). The van der Waals surface area contributed by atoms with Crippen LogP contribution in [0.15, 0.2) is 0 Å². The number of rotatable bonds is 8. The molecule has 0 aliphatic rings. The molecule has 1 unspecified atom stereocenters. The van der Waals surface area contributed by atoms with Crippen molar-refractivity contribution < 1.29 is 4.74 Å². The molecule has 15 heavy (non-hydrogen) atoms. The van der Waals surface area contributed by atoms with Gasteiger partial charge in [-0.25, -0.2) is 0 Å². The third-order valence-corrected chi connectivity index (χ3v) is 3.07. The minimum absolute atomic E-state index is 0.169. The van der Waals surface area contributed by atoms with Gasteiger partial charge in [-0.15, -0.1) is 0 Å². The minimum Gasteiger partial charge on any atom is -0.380 e. The quantitative estimate of drug-likeness (QED) is 0.628. The van der Waals surface area contributed by atoms with Crippen molar-refractivity contribution >= 4 is 0 Å². The van der Waals surface area contributed by atoms with Crippen LogP contribution >= 0.6 is 0 Å². The molecular formula is C12H28N2O. The fourth-order valence-electron chi connectivity index (χ4n) is 1.41. The second kappa shape index (κ2) is 7.20. The average Bonchev–Trinajstić information content (AvgIpc) is 2.16. The fraction of sp³-hybridized carbons (Fsp3) is 1.00. The summed E-state index contributed by atoms with van der Waals surface area (Å²) in [4.78, 5) is 2.40. The van der Waals surface area contributed by atoms with Gasteiger partial charge in [-0.2, -0.15) is 0 Å². The lowest BCUT2D eigenvalue weighted by Gasteiger charge is -2.35. The van der Waals surface area contributed by atoms with Gasteiger partial charge in [0.05, 0.1) is 6.61 Å². The van der Waals surface area contributed by atoms with Crippen molar-refractivity contribution in [2.45, 2.75) is 40.7 Å². The lowest BCUT2D eigenvalue weighted by molar-refractivity contribution is 0.0921. The van der Waals surface area contributed by atoms with Gasteiger partial charge in [0.25, 0.3) is 0 Å². The molecule has 1 atom stereocenters. The summed E-state index contributed by atoms with van der Waals surface area (Å²) in [5, 5.41) is 0. The summed E-state index contributed by atoms with van der Waals surface area (Å²) in [7, 11) is 0. The maximum Gasteiger partial charge on any atom is 0.0593 e. The van der Waals surface area contributed by atoms with E-state index in [1.165, 1.54) is 0 Å². The molecule has 0 amide bonds. The first kappa shape index (κ1) is 14.9. The maximum absolute atomic E-state index is 5.97. The van der Waals surface area contributed by atoms with Gasteiger partial charge in [-0.05, 0) is 25.8 Å². The first-order chi connectivity index (χ1) is 6.94. The Morgan fingerprint density at radius 2 is 1.93 bits per heavy atom. The van der Waals surface area contributed by atoms with Gasteiger partial charge in [0.15, 0.2) is 0 Å². The van der Waals surface area contributed by atoms with Gasteiger partial charge < -0.3 is 15.4 Å². The van der Waals surface area contributed by atoms with Crippen LogP contribution in [0.4, 0.5) is 0 Å². The molecule has 3 nitrogen and oxygen atoms in total. The highest BCUT2D eigenvalue weighted by Crippen LogP contribution is 2.20. The molecule has 0 aliphatic carbocycles. The van der Waals surface area contributed by atoms with Crippen LogP contribution in [0, 0.1) is 5.41 Å². The monoisotopic (exact) mass is 216 g/mol. The summed E-state index contributed by atoms with van der Waals surface area (Å²) in [5.74, 6) is 0. The lowest BCUT2D eigenvalue weighted by atomic mass is 9.85. The van der Waals surface area contributed by atoms with Crippen molar-refractivity contribution in [1.82, 2.24) is 4.90 Å². The van der Waals surface area contributed by atoms with Crippen LogP contribution in [-0.4, -0.2) is 43.8 Å². The van der Waals surface area contributed by atoms with Gasteiger partial charge in [-0.3, -0.25) is 0 Å². The molecule has 0 aliphatic heterocycles. The third-order valence-electron chi connectivity index (χ3n) is 3.07. The molecular weight excluding hydrogens is 188 g/mol. The summed E-state index contributed by atoms with van der Waals surface area (Å²) >= 11 is 0. The fourth-order valence-corrected chi connectivity index (χ4v) is 1.41. The van der Waals surface area contributed by atoms with Gasteiger partial charge in [0, 0.05) is 25.7 Å². The van der Waals surface area contributed by atoms with E-state index in [2.05, 4.69) is 32.6 Å². The molecule has 0 radical (unpaired) electrons. The van der Waals surface area contributed by atoms with Crippen molar-refractivity contribution in [3.8, 4) is 0 Å². The molecule has 0 spiro atoms. The smallest absolute Gasteiger partial charge is 0.0593 e. The van der Waals surface area contributed by atoms with Crippen LogP contribution in [0.3, 0.4) is 0 Å². The first-order valence-electron chi connectivity index (χ1n) is 5.99. The molecule has 0 aromatic carbocycles. The zero-order chi connectivity index (χ0) is 11.9. The zero-order valence-corrected chi connectivity index (χ0v) is 11.0. The van der Waals surface area contributed by atoms with Crippen LogP contribution in [0.2, 0.25) is 0 Å². The Bertz CT molecular complexity index is 158. The largest absolute Gasteiger partial charge is 0.380 e. The topological polar surface area (TPSA) is 38.5 Å². The lowest BCUT2D eigenvalue weighted by Crippen LogP contribution is -2.45. The number of nitrogens with zero attached hydrogens (tertiary/aromatic N) is 1. The van der Waals surface area contributed by atoms with Crippen molar-refractivity contribution in [2.75, 3.05) is 32.8 Å². The van der Waals surface area contributed by atoms with Crippen LogP contribution < -0.4 is 5.73 Å². The normalized spacial score (nSPS) is 14.6. The highest BCUT2D eigenvalue weighted by molar-refractivity contribution is 4.81. The van der Waals surface area contributed by atoms with Gasteiger partial charge in [0.1, 0.15) is 0 Å². The SMILES string of the molecule is CCOCCN(CC)CC(C)(C)C(C)N. The first-order valence-corrected chi connectivity index (χ1v) is 5.99. The Hall–Kier alpha value is -0.120. The number of likely N-dealkylation sites (N-methyl/N-ethyl adjacent to an activating group) is 1. The molecule has 0 heterocycles. The Morgan fingerprint density at radius 1 is 1.33 bits per heavy atom. The van der Waals surface area contributed by atoms with E-state index in [4.69, 9.17) is 10.5 Å². The van der Waals surface area contributed by atoms with Gasteiger partial charge in [-0.1, -0.05) is 20.8 Å². The van der Waals surface area contributed by atoms with Gasteiger partial charge >= 0.3 is 0 Å². The number of nitrogens with two attached hydrogens (primary N) is 1. The van der Waals surface area contributed by atoms with E-state index in [0.717, 1.165) is 32.8 Å². The Morgan fingerprint density at radius 3 is 2.33 bits per heavy atom. The van der Waals surface area contributed by atoms with Gasteiger partial charge in [0.2, 0.25) is 0 Å². The highest BCUT2D eigenvalue weighted by Gasteiger charge is 2.25. The third kappa shape index (κ3) is 6.13. The summed E-state index contributed by atoms with van der Waals surface area (Å²) in [6.45, 7) is 15.5.